The first-order valence-electron chi connectivity index (χ1n) is 9.48. The van der Waals surface area contributed by atoms with E-state index in [-0.39, 0.29) is 5.91 Å². The Morgan fingerprint density at radius 2 is 2.07 bits per heavy atom. The van der Waals surface area contributed by atoms with E-state index < -0.39 is 0 Å². The van der Waals surface area contributed by atoms with Gasteiger partial charge < -0.3 is 9.73 Å². The van der Waals surface area contributed by atoms with Gasteiger partial charge in [0.25, 0.3) is 5.91 Å². The molecule has 3 rings (SSSR count). The molecule has 1 aromatic carbocycles. The Balaban J connectivity index is 2.00. The van der Waals surface area contributed by atoms with Gasteiger partial charge in [0.15, 0.2) is 0 Å². The number of amides is 1. The van der Waals surface area contributed by atoms with Crippen molar-refractivity contribution in [2.75, 3.05) is 0 Å². The van der Waals surface area contributed by atoms with Gasteiger partial charge in [-0.05, 0) is 55.5 Å². The van der Waals surface area contributed by atoms with Crippen molar-refractivity contribution in [1.29, 1.82) is 0 Å². The van der Waals surface area contributed by atoms with E-state index in [1.165, 1.54) is 5.56 Å². The lowest BCUT2D eigenvalue weighted by Crippen LogP contribution is -2.25. The third-order valence-electron chi connectivity index (χ3n) is 4.47. The average Bonchev–Trinajstić information content (AvgIpc) is 3.26. The summed E-state index contributed by atoms with van der Waals surface area (Å²) in [6.45, 7) is 8.77. The number of hydrogen-bond donors (Lipinski definition) is 1. The molecule has 142 valence electrons. The summed E-state index contributed by atoms with van der Waals surface area (Å²) >= 11 is 0. The highest BCUT2D eigenvalue weighted by Gasteiger charge is 2.24. The van der Waals surface area contributed by atoms with Gasteiger partial charge in [0.1, 0.15) is 5.76 Å². The summed E-state index contributed by atoms with van der Waals surface area (Å²) in [4.78, 5) is 13.0. The number of furan rings is 1. The molecule has 0 radical (unpaired) electrons. The van der Waals surface area contributed by atoms with Gasteiger partial charge in [-0.3, -0.25) is 4.79 Å². The topological polar surface area (TPSA) is 60.1 Å². The van der Waals surface area contributed by atoms with Gasteiger partial charge in [0.2, 0.25) is 0 Å². The summed E-state index contributed by atoms with van der Waals surface area (Å²) < 4.78 is 7.25. The third kappa shape index (κ3) is 4.30. The molecule has 5 nitrogen and oxygen atoms in total. The van der Waals surface area contributed by atoms with Crippen molar-refractivity contribution in [2.24, 2.45) is 5.92 Å². The molecule has 0 saturated heterocycles. The molecule has 1 N–H and O–H groups in total. The molecule has 3 aromatic rings. The highest BCUT2D eigenvalue weighted by atomic mass is 16.3. The predicted molar refractivity (Wildman–Crippen MR) is 106 cm³/mol. The lowest BCUT2D eigenvalue weighted by molar-refractivity contribution is 0.0946. The van der Waals surface area contributed by atoms with Crippen LogP contribution < -0.4 is 5.32 Å². The normalized spacial score (nSPS) is 11.1. The summed E-state index contributed by atoms with van der Waals surface area (Å²) in [5, 5.41) is 7.81. The van der Waals surface area contributed by atoms with Crippen molar-refractivity contribution in [3.8, 4) is 5.69 Å². The molecule has 0 atom stereocenters. The Morgan fingerprint density at radius 3 is 2.70 bits per heavy atom. The van der Waals surface area contributed by atoms with E-state index in [0.717, 1.165) is 35.7 Å². The number of rotatable bonds is 7. The van der Waals surface area contributed by atoms with Crippen LogP contribution in [-0.2, 0) is 19.4 Å². The fourth-order valence-electron chi connectivity index (χ4n) is 3.26. The zero-order chi connectivity index (χ0) is 19.4. The van der Waals surface area contributed by atoms with E-state index in [4.69, 9.17) is 9.52 Å². The first kappa shape index (κ1) is 19.0. The third-order valence-corrected chi connectivity index (χ3v) is 4.47. The van der Waals surface area contributed by atoms with Gasteiger partial charge in [-0.1, -0.05) is 32.9 Å². The number of nitrogens with zero attached hydrogens (tertiary/aromatic N) is 2. The molecule has 2 aromatic heterocycles. The molecular formula is C22H27N3O2. The van der Waals surface area contributed by atoms with Crippen LogP contribution in [0.5, 0.6) is 0 Å². The quantitative estimate of drug-likeness (QED) is 0.672. The van der Waals surface area contributed by atoms with Gasteiger partial charge in [0, 0.05) is 0 Å². The smallest absolute Gasteiger partial charge is 0.255 e. The van der Waals surface area contributed by atoms with Gasteiger partial charge in [-0.2, -0.15) is 5.10 Å². The highest BCUT2D eigenvalue weighted by Crippen LogP contribution is 2.23. The largest absolute Gasteiger partial charge is 0.467 e. The number of aryl methyl sites for hydroxylation is 1. The van der Waals surface area contributed by atoms with Crippen LogP contribution in [0, 0.1) is 12.8 Å². The van der Waals surface area contributed by atoms with E-state index in [1.54, 1.807) is 6.26 Å². The standard InChI is InChI=1S/C22H27N3O2/c1-5-20-21(22(26)23-14-18-10-7-11-27-18)19(12-15(2)3)24-25(20)17-9-6-8-16(4)13-17/h6-11,13,15H,5,12,14H2,1-4H3,(H,23,26). The molecule has 0 unspecified atom stereocenters. The second-order valence-corrected chi connectivity index (χ2v) is 7.23. The second kappa shape index (κ2) is 8.25. The van der Waals surface area contributed by atoms with Crippen molar-refractivity contribution in [3.05, 3.63) is 70.9 Å². The molecule has 0 spiro atoms. The number of aromatic nitrogens is 2. The fraction of sp³-hybridized carbons (Fsp3) is 0.364. The minimum Gasteiger partial charge on any atom is -0.467 e. The SMILES string of the molecule is CCc1c(C(=O)NCc2ccco2)c(CC(C)C)nn1-c1cccc(C)c1. The first-order chi connectivity index (χ1) is 13.0. The average molecular weight is 365 g/mol. The summed E-state index contributed by atoms with van der Waals surface area (Å²) in [7, 11) is 0. The van der Waals surface area contributed by atoms with E-state index >= 15 is 0 Å². The van der Waals surface area contributed by atoms with E-state index in [2.05, 4.69) is 45.1 Å². The van der Waals surface area contributed by atoms with E-state index in [0.29, 0.717) is 18.0 Å². The van der Waals surface area contributed by atoms with Crippen LogP contribution in [0.1, 0.15) is 53.8 Å². The van der Waals surface area contributed by atoms with Crippen LogP contribution in [0.15, 0.2) is 47.1 Å². The maximum Gasteiger partial charge on any atom is 0.255 e. The Bertz CT molecular complexity index is 908. The Morgan fingerprint density at radius 1 is 1.26 bits per heavy atom. The molecule has 0 fully saturated rings. The lowest BCUT2D eigenvalue weighted by Gasteiger charge is -2.09. The van der Waals surface area contributed by atoms with Crippen molar-refractivity contribution < 1.29 is 9.21 Å². The molecule has 2 heterocycles. The predicted octanol–water partition coefficient (Wildman–Crippen LogP) is 4.46. The number of nitrogens with one attached hydrogen (secondary N) is 1. The first-order valence-corrected chi connectivity index (χ1v) is 9.48. The maximum absolute atomic E-state index is 13.0. The molecule has 1 amide bonds. The molecule has 0 aliphatic rings. The van der Waals surface area contributed by atoms with Crippen LogP contribution in [0.2, 0.25) is 0 Å². The summed E-state index contributed by atoms with van der Waals surface area (Å²) in [6.07, 6.45) is 3.09. The van der Waals surface area contributed by atoms with Crippen LogP contribution in [0.4, 0.5) is 0 Å². The van der Waals surface area contributed by atoms with Crippen molar-refractivity contribution in [2.45, 2.75) is 47.1 Å². The van der Waals surface area contributed by atoms with Gasteiger partial charge in [0.05, 0.1) is 35.4 Å². The van der Waals surface area contributed by atoms with Crippen molar-refractivity contribution in [1.82, 2.24) is 15.1 Å². The van der Waals surface area contributed by atoms with Gasteiger partial charge in [-0.15, -0.1) is 0 Å². The highest BCUT2D eigenvalue weighted by molar-refractivity contribution is 5.96. The molecule has 0 aliphatic heterocycles. The number of benzene rings is 1. The van der Waals surface area contributed by atoms with Crippen LogP contribution in [0.25, 0.3) is 5.69 Å². The molecular weight excluding hydrogens is 338 g/mol. The monoisotopic (exact) mass is 365 g/mol. The van der Waals surface area contributed by atoms with E-state index in [1.807, 2.05) is 28.9 Å². The fourth-order valence-corrected chi connectivity index (χ4v) is 3.26. The Labute approximate surface area is 160 Å². The van der Waals surface area contributed by atoms with Gasteiger partial charge in [-0.25, -0.2) is 4.68 Å². The Hall–Kier alpha value is -2.82. The molecule has 0 bridgehead atoms. The molecule has 0 aliphatic carbocycles. The molecule has 27 heavy (non-hydrogen) atoms. The summed E-state index contributed by atoms with van der Waals surface area (Å²) in [5.74, 6) is 1.04. The van der Waals surface area contributed by atoms with Gasteiger partial charge >= 0.3 is 0 Å². The summed E-state index contributed by atoms with van der Waals surface area (Å²) in [5.41, 5.74) is 4.63. The van der Waals surface area contributed by atoms with Crippen molar-refractivity contribution >= 4 is 5.91 Å². The maximum atomic E-state index is 13.0. The zero-order valence-electron chi connectivity index (χ0n) is 16.5. The number of hydrogen-bond acceptors (Lipinski definition) is 3. The zero-order valence-corrected chi connectivity index (χ0v) is 16.5. The van der Waals surface area contributed by atoms with E-state index in [9.17, 15) is 4.79 Å². The van der Waals surface area contributed by atoms with Crippen LogP contribution in [-0.4, -0.2) is 15.7 Å². The number of carbonyl (C=O) groups excluding carboxylic acids is 1. The summed E-state index contributed by atoms with van der Waals surface area (Å²) in [6, 6.07) is 11.9. The molecule has 0 saturated carbocycles. The second-order valence-electron chi connectivity index (χ2n) is 7.23. The van der Waals surface area contributed by atoms with Crippen LogP contribution >= 0.6 is 0 Å². The van der Waals surface area contributed by atoms with Crippen molar-refractivity contribution in [3.63, 3.8) is 0 Å². The lowest BCUT2D eigenvalue weighted by atomic mass is 10.0. The molecule has 5 heteroatoms. The Kier molecular flexibility index (Phi) is 5.79. The number of carbonyl (C=O) groups is 1. The van der Waals surface area contributed by atoms with Crippen LogP contribution in [0.3, 0.4) is 0 Å². The minimum atomic E-state index is -0.0993. The minimum absolute atomic E-state index is 0.0993.